The number of nitrogens with zero attached hydrogens (tertiary/aromatic N) is 4. The number of hydrogen-bond acceptors (Lipinski definition) is 32. The van der Waals surface area contributed by atoms with Gasteiger partial charge in [-0.1, -0.05) is 32.4 Å². The fourth-order valence-corrected chi connectivity index (χ4v) is 17.0. The molecule has 16 atom stereocenters. The lowest BCUT2D eigenvalue weighted by Crippen LogP contribution is -2.62. The number of nitrogens with two attached hydrogens (primary N) is 9. The quantitative estimate of drug-likeness (QED) is 0.0164. The minimum Gasteiger partial charge on any atom is -0.508 e. The summed E-state index contributed by atoms with van der Waals surface area (Å²) in [5, 5.41) is 91.5. The average Bonchev–Trinajstić information content (AvgIpc) is 1.19. The lowest BCUT2D eigenvalue weighted by molar-refractivity contribution is -0.149. The van der Waals surface area contributed by atoms with Crippen LogP contribution in [-0.2, 0) is 102 Å². The maximum Gasteiger partial charge on any atom is 0.305 e. The zero-order chi connectivity index (χ0) is 110. The van der Waals surface area contributed by atoms with Gasteiger partial charge in [0.1, 0.15) is 96.9 Å². The highest BCUT2D eigenvalue weighted by Gasteiger charge is 2.47. The van der Waals surface area contributed by atoms with Gasteiger partial charge in [-0.15, -0.1) is 0 Å². The molecule has 38 N–H and O–H groups in total. The van der Waals surface area contributed by atoms with E-state index in [9.17, 15) is 117 Å². The number of guanidine groups is 1. The van der Waals surface area contributed by atoms with Gasteiger partial charge in [-0.2, -0.15) is 0 Å². The van der Waals surface area contributed by atoms with E-state index in [0.29, 0.717) is 103 Å². The highest BCUT2D eigenvalue weighted by Crippen LogP contribution is 2.28. The third kappa shape index (κ3) is 48.0. The lowest BCUT2D eigenvalue weighted by atomic mass is 10.00. The molecule has 0 spiro atoms. The number of phenols is 1. The second kappa shape index (κ2) is 71.4. The second-order valence-electron chi connectivity index (χ2n) is 37.6. The highest BCUT2D eigenvalue weighted by molar-refractivity contribution is 6.02. The zero-order valence-electron chi connectivity index (χ0n) is 85.7. The summed E-state index contributed by atoms with van der Waals surface area (Å²) in [7, 11) is 0. The lowest BCUT2D eigenvalue weighted by Gasteiger charge is -2.34. The molecule has 17 amide bonds. The Labute approximate surface area is 863 Å². The molecule has 0 aliphatic carbocycles. The number of aliphatic hydroxyl groups excluding tert-OH is 2. The summed E-state index contributed by atoms with van der Waals surface area (Å²) < 4.78 is 5.91. The van der Waals surface area contributed by atoms with Gasteiger partial charge in [0, 0.05) is 58.5 Å². The number of hydrogen-bond donors (Lipinski definition) is 29. The monoisotopic (exact) mass is 2100 g/mol. The van der Waals surface area contributed by atoms with Gasteiger partial charge in [0.15, 0.2) is 5.96 Å². The number of aliphatic hydroxyl groups is 2. The standard InChI is InChI=1S/C95H166N28O25/c1-57(2)79(91(144)116-67(34-35-77(130)131)86(139)117-69(52-78(132)133)92(145)121-48-16-26-71(121)81(102)134)119-87(140)65(24-9-13-40-99)113-85(138)66(25-15-46-108-95(103)104)114-83(136)63(22-7-11-38-97)111-82(135)62(21-6-10-37-96)112-84(137)64(23-8-12-39-98)115-90(143)72-27-17-49-122(72)93(146)73-28-18-50-123(73)94(147)80(58(3)125)120-89(142)70(55-124)118-88(141)68(51-59-30-32-60(126)33-31-59)110-75(128)54-109-74(127)29-5-4-14-45-107-76(129)56-148-61(53-106-44-20-42-101)36-47-105-43-19-41-100/h30-33,57-58,61-73,79-80,105-106,124-126H,4-29,34-56,96-101H2,1-3H3,(H2,102,134)(H,107,129)(H,109,127)(H,110,128)(H,111,135)(H,112,137)(H,113,138)(H,114,136)(H,115,143)(H,116,144)(H,117,139)(H,118,141)(H,119,140)(H,120,142)(H,130,131)(H,132,133)(H4,103,104,108)/t58-,61?,62+,63+,64+,65+,66+,67+,68+,69+,70+,71+,72+,73+,79+,80+/m1/s1. The summed E-state index contributed by atoms with van der Waals surface area (Å²) >= 11 is 0. The smallest absolute Gasteiger partial charge is 0.305 e. The molecular formula is C95H166N28O25. The van der Waals surface area contributed by atoms with Gasteiger partial charge in [-0.25, -0.2) is 0 Å². The third-order valence-corrected chi connectivity index (χ3v) is 25.3. The average molecular weight is 2100 g/mol. The highest BCUT2D eigenvalue weighted by atomic mass is 16.5. The number of likely N-dealkylation sites (tertiary alicyclic amines) is 3. The summed E-state index contributed by atoms with van der Waals surface area (Å²) in [6.07, 6.45) is 2.14. The number of nitrogens with one attached hydrogen (secondary N) is 15. The van der Waals surface area contributed by atoms with Crippen molar-refractivity contribution in [3.63, 3.8) is 0 Å². The Morgan fingerprint density at radius 1 is 0.412 bits per heavy atom. The number of aliphatic imine (C=N–C) groups is 1. The minimum absolute atomic E-state index is 0.00180. The molecule has 0 aromatic heterocycles. The molecule has 0 saturated carbocycles. The van der Waals surface area contributed by atoms with Gasteiger partial charge in [0.25, 0.3) is 0 Å². The van der Waals surface area contributed by atoms with Crippen molar-refractivity contribution in [1.29, 1.82) is 0 Å². The first kappa shape index (κ1) is 128. The van der Waals surface area contributed by atoms with Crippen molar-refractivity contribution in [3.8, 4) is 5.75 Å². The molecule has 148 heavy (non-hydrogen) atoms. The number of amides is 17. The van der Waals surface area contributed by atoms with E-state index in [2.05, 4.69) is 84.7 Å². The number of phenolic OH excluding ortho intramolecular Hbond substituents is 1. The topological polar surface area (TPSA) is 871 Å². The van der Waals surface area contributed by atoms with Crippen molar-refractivity contribution < 1.29 is 121 Å². The molecule has 0 radical (unpaired) electrons. The third-order valence-electron chi connectivity index (χ3n) is 25.3. The number of aromatic hydroxyl groups is 1. The fraction of sp³-hybridized carbons (Fsp3) is 0.726. The minimum atomic E-state index is -1.84. The summed E-state index contributed by atoms with van der Waals surface area (Å²) in [4.78, 5) is 272. The molecule has 0 bridgehead atoms. The van der Waals surface area contributed by atoms with Crippen molar-refractivity contribution in [2.75, 3.05) is 118 Å². The molecule has 836 valence electrons. The predicted octanol–water partition coefficient (Wildman–Crippen LogP) is -8.89. The summed E-state index contributed by atoms with van der Waals surface area (Å²) in [5.41, 5.74) is 52.0. The first-order valence-corrected chi connectivity index (χ1v) is 51.5. The van der Waals surface area contributed by atoms with Gasteiger partial charge < -0.3 is 176 Å². The number of unbranched alkanes of at least 4 members (excludes halogenated alkanes) is 6. The van der Waals surface area contributed by atoms with Crippen LogP contribution in [0.2, 0.25) is 0 Å². The molecule has 53 heteroatoms. The van der Waals surface area contributed by atoms with E-state index in [-0.39, 0.29) is 192 Å². The van der Waals surface area contributed by atoms with Gasteiger partial charge in [0.2, 0.25) is 100 Å². The fourth-order valence-electron chi connectivity index (χ4n) is 17.0. The molecule has 3 fully saturated rings. The summed E-state index contributed by atoms with van der Waals surface area (Å²) in [6.45, 7) is 6.96. The molecule has 3 aliphatic rings. The normalized spacial score (nSPS) is 17.0. The van der Waals surface area contributed by atoms with Gasteiger partial charge in [0.05, 0.1) is 31.8 Å². The Morgan fingerprint density at radius 3 is 1.36 bits per heavy atom. The Hall–Kier alpha value is -12.2. The van der Waals surface area contributed by atoms with Crippen molar-refractivity contribution >= 4 is 118 Å². The van der Waals surface area contributed by atoms with Crippen LogP contribution in [0, 0.1) is 5.92 Å². The number of carbonyl (C=O) groups is 19. The first-order valence-electron chi connectivity index (χ1n) is 51.5. The Kier molecular flexibility index (Phi) is 61.8. The molecule has 53 nitrogen and oxygen atoms in total. The van der Waals surface area contributed by atoms with E-state index in [4.69, 9.17) is 56.3 Å². The first-order chi connectivity index (χ1) is 70.7. The van der Waals surface area contributed by atoms with Gasteiger partial charge >= 0.3 is 11.9 Å². The maximum absolute atomic E-state index is 15.0. The Bertz CT molecular complexity index is 4410. The predicted molar refractivity (Wildman–Crippen MR) is 543 cm³/mol. The molecule has 4 rings (SSSR count). The van der Waals surface area contributed by atoms with Crippen LogP contribution in [0.4, 0.5) is 0 Å². The largest absolute Gasteiger partial charge is 0.508 e. The van der Waals surface area contributed by atoms with E-state index in [0.717, 1.165) is 29.2 Å². The van der Waals surface area contributed by atoms with E-state index < -0.39 is 235 Å². The van der Waals surface area contributed by atoms with Crippen LogP contribution in [0.1, 0.15) is 219 Å². The van der Waals surface area contributed by atoms with Crippen LogP contribution in [0.25, 0.3) is 0 Å². The van der Waals surface area contributed by atoms with Crippen molar-refractivity contribution in [2.24, 2.45) is 62.5 Å². The van der Waals surface area contributed by atoms with Crippen LogP contribution < -0.4 is 131 Å². The number of aliphatic carboxylic acids is 2. The number of ether oxygens (including phenoxy) is 1. The van der Waals surface area contributed by atoms with E-state index in [1.807, 2.05) is 0 Å². The van der Waals surface area contributed by atoms with Crippen molar-refractivity contribution in [3.05, 3.63) is 29.8 Å². The van der Waals surface area contributed by atoms with Crippen molar-refractivity contribution in [2.45, 2.75) is 317 Å². The summed E-state index contributed by atoms with van der Waals surface area (Å²) in [6, 6.07) is -15.7. The number of carboxylic acids is 2. The molecule has 1 aromatic rings. The number of rotatable bonds is 77. The van der Waals surface area contributed by atoms with E-state index in [1.54, 1.807) is 0 Å². The van der Waals surface area contributed by atoms with E-state index >= 15 is 0 Å². The molecule has 1 unspecified atom stereocenters. The van der Waals surface area contributed by atoms with E-state index in [1.165, 1.54) is 49.9 Å². The van der Waals surface area contributed by atoms with Crippen LogP contribution >= 0.6 is 0 Å². The SMILES string of the molecule is CC(C)[C@H](NC(=O)[C@H](CCCCN)NC(=O)[C@H](CCCN=C(N)N)NC(=O)[C@H](CCCCN)NC(=O)[C@H](CCCCN)NC(=O)[C@H](CCCCN)NC(=O)[C@@H]1CCCN1C(=O)[C@@H]1CCCN1C(=O)[C@@H](NC(=O)[C@H](CO)NC(=O)[C@H](Cc1ccc(O)cc1)NC(=O)CNC(=O)CCCCCNC(=O)COC(CCNCCCN)CNCCCN)[C@@H](C)O)C(=O)N[C@@H](CCC(=O)O)C(=O)N[C@@H](CC(=O)O)C(=O)N1CCC[C@H]1C(N)=O. The van der Waals surface area contributed by atoms with Crippen LogP contribution in [-0.4, -0.2) is 373 Å². The Morgan fingerprint density at radius 2 is 0.865 bits per heavy atom. The molecule has 3 aliphatic heterocycles. The number of carboxylic acid groups (broad SMARTS) is 2. The molecular weight excluding hydrogens is 1930 g/mol. The number of primary amides is 1. The second-order valence-corrected chi connectivity index (χ2v) is 37.6. The van der Waals surface area contributed by atoms with Crippen LogP contribution in [0.5, 0.6) is 5.75 Å². The maximum atomic E-state index is 15.0. The van der Waals surface area contributed by atoms with Crippen LogP contribution in [0.15, 0.2) is 29.3 Å². The zero-order valence-corrected chi connectivity index (χ0v) is 85.7. The summed E-state index contributed by atoms with van der Waals surface area (Å²) in [5.74, 6) is -19.2. The number of carbonyl (C=O) groups excluding carboxylic acids is 17. The molecule has 3 heterocycles. The molecule has 3 saturated heterocycles. The molecule has 1 aromatic carbocycles. The van der Waals surface area contributed by atoms with Gasteiger partial charge in [-0.05, 0) is 256 Å². The van der Waals surface area contributed by atoms with Crippen molar-refractivity contribution in [1.82, 2.24) is 94.5 Å². The van der Waals surface area contributed by atoms with Gasteiger partial charge in [-0.3, -0.25) is 96.1 Å². The van der Waals surface area contributed by atoms with Crippen LogP contribution in [0.3, 0.4) is 0 Å². The Balaban J connectivity index is 1.50. The number of benzene rings is 1.